The Bertz CT molecular complexity index is 2760. The van der Waals surface area contributed by atoms with Crippen molar-refractivity contribution < 1.29 is 24.5 Å². The van der Waals surface area contributed by atoms with Gasteiger partial charge in [-0.15, -0.1) is 59.7 Å². The predicted molar refractivity (Wildman–Crippen MR) is 205 cm³/mol. The SMILES string of the molecule is [Ir].[c-]1cc2c(cc1-c1cc(CC3CCCC3)ccn1)c1cccc3c4cc5c(cc4n2c13)oc1ccccc15.[c-]1ccccc1-c1ccccn1. The van der Waals surface area contributed by atoms with E-state index in [0.717, 1.165) is 46.0 Å². The summed E-state index contributed by atoms with van der Waals surface area (Å²) in [6.07, 6.45) is 10.4. The van der Waals surface area contributed by atoms with Crippen molar-refractivity contribution in [3.05, 3.63) is 151 Å². The first-order valence-corrected chi connectivity index (χ1v) is 17.6. The van der Waals surface area contributed by atoms with Crippen molar-refractivity contribution in [2.24, 2.45) is 5.92 Å². The van der Waals surface area contributed by atoms with Crippen LogP contribution < -0.4 is 0 Å². The minimum absolute atomic E-state index is 0. The molecule has 1 aliphatic carbocycles. The standard InChI is InChI=1S/C35H25N2O.C11H8N.Ir/c1-2-7-21(6-1)16-22-14-15-36-30(17-22)23-12-13-31-27(18-23)25-9-5-10-26-28-19-29-24-8-3-4-11-33(24)38-34(29)20-32(28)37(31)35(25)26;1-2-6-10(7-3-1)11-8-4-5-9-12-11;/h3-5,8-11,13-15,17-21H,1-2,6-7,16H2;1-6,8-9H;/q2*-1;. The molecule has 0 aliphatic heterocycles. The maximum absolute atomic E-state index is 6.27. The molecule has 0 spiro atoms. The zero-order chi connectivity index (χ0) is 33.0. The fourth-order valence-electron chi connectivity index (χ4n) is 8.15. The third-order valence-electron chi connectivity index (χ3n) is 10.5. The fraction of sp³-hybridized carbons (Fsp3) is 0.130. The Morgan fingerprint density at radius 2 is 1.39 bits per heavy atom. The number of furan rings is 1. The van der Waals surface area contributed by atoms with E-state index < -0.39 is 0 Å². The molecule has 5 aromatic heterocycles. The summed E-state index contributed by atoms with van der Waals surface area (Å²) in [4.78, 5) is 8.97. The van der Waals surface area contributed by atoms with Crippen molar-refractivity contribution >= 4 is 60.0 Å². The van der Waals surface area contributed by atoms with Gasteiger partial charge in [0.05, 0.1) is 5.52 Å². The Labute approximate surface area is 309 Å². The van der Waals surface area contributed by atoms with Crippen LogP contribution in [-0.4, -0.2) is 14.4 Å². The second-order valence-electron chi connectivity index (χ2n) is 13.5. The molecular formula is C46H33IrN3O-2. The Morgan fingerprint density at radius 3 is 2.22 bits per heavy atom. The number of hydrogen-bond donors (Lipinski definition) is 0. The fourth-order valence-corrected chi connectivity index (χ4v) is 8.15. The largest absolute Gasteiger partial charge is 0.456 e. The van der Waals surface area contributed by atoms with E-state index in [1.807, 2.05) is 60.8 Å². The summed E-state index contributed by atoms with van der Waals surface area (Å²) >= 11 is 0. The van der Waals surface area contributed by atoms with Gasteiger partial charge in [0.15, 0.2) is 0 Å². The van der Waals surface area contributed by atoms with E-state index in [0.29, 0.717) is 0 Å². The molecular weight excluding hydrogens is 803 g/mol. The number of rotatable bonds is 4. The summed E-state index contributed by atoms with van der Waals surface area (Å²) in [6, 6.07) is 48.8. The third kappa shape index (κ3) is 5.49. The van der Waals surface area contributed by atoms with Crippen molar-refractivity contribution in [3.63, 3.8) is 0 Å². The normalized spacial score (nSPS) is 13.4. The van der Waals surface area contributed by atoms with Crippen LogP contribution in [0.15, 0.2) is 138 Å². The molecule has 0 saturated heterocycles. The molecule has 1 aliphatic rings. The maximum Gasteiger partial charge on any atom is 0.137 e. The number of para-hydroxylation sites is 2. The Kier molecular flexibility index (Phi) is 8.11. The van der Waals surface area contributed by atoms with Gasteiger partial charge in [0, 0.05) is 65.6 Å². The number of benzene rings is 5. The molecule has 4 nitrogen and oxygen atoms in total. The molecule has 249 valence electrons. The number of hydrogen-bond acceptors (Lipinski definition) is 3. The zero-order valence-electron chi connectivity index (χ0n) is 27.9. The van der Waals surface area contributed by atoms with Gasteiger partial charge in [0.2, 0.25) is 0 Å². The molecule has 0 bridgehead atoms. The van der Waals surface area contributed by atoms with E-state index in [1.165, 1.54) is 80.1 Å². The van der Waals surface area contributed by atoms with E-state index in [9.17, 15) is 0 Å². The van der Waals surface area contributed by atoms with Crippen LogP contribution in [0, 0.1) is 18.1 Å². The van der Waals surface area contributed by atoms with E-state index in [4.69, 9.17) is 9.40 Å². The molecule has 5 heteroatoms. The van der Waals surface area contributed by atoms with Crippen molar-refractivity contribution in [1.29, 1.82) is 0 Å². The van der Waals surface area contributed by atoms with Crippen molar-refractivity contribution in [2.45, 2.75) is 32.1 Å². The summed E-state index contributed by atoms with van der Waals surface area (Å²) in [6.45, 7) is 0. The van der Waals surface area contributed by atoms with Gasteiger partial charge in [0.1, 0.15) is 11.2 Å². The van der Waals surface area contributed by atoms with Gasteiger partial charge in [0.25, 0.3) is 0 Å². The van der Waals surface area contributed by atoms with Gasteiger partial charge in [-0.2, -0.15) is 0 Å². The summed E-state index contributed by atoms with van der Waals surface area (Å²) in [5.74, 6) is 0.823. The molecule has 51 heavy (non-hydrogen) atoms. The first kappa shape index (κ1) is 31.6. The van der Waals surface area contributed by atoms with Crippen molar-refractivity contribution in [3.8, 4) is 22.5 Å². The average Bonchev–Trinajstić information content (AvgIpc) is 3.97. The summed E-state index contributed by atoms with van der Waals surface area (Å²) in [5, 5.41) is 7.39. The molecule has 0 N–H and O–H groups in total. The summed E-state index contributed by atoms with van der Waals surface area (Å²) in [7, 11) is 0. The molecule has 0 unspecified atom stereocenters. The minimum atomic E-state index is 0. The molecule has 5 heterocycles. The maximum atomic E-state index is 6.27. The van der Waals surface area contributed by atoms with Crippen LogP contribution in [0.5, 0.6) is 0 Å². The number of fused-ring (bicyclic) bond motifs is 9. The molecule has 10 aromatic rings. The third-order valence-corrected chi connectivity index (χ3v) is 10.5. The van der Waals surface area contributed by atoms with E-state index in [1.54, 1.807) is 6.20 Å². The average molecular weight is 836 g/mol. The van der Waals surface area contributed by atoms with Crippen molar-refractivity contribution in [2.75, 3.05) is 0 Å². The summed E-state index contributed by atoms with van der Waals surface area (Å²) < 4.78 is 8.66. The molecule has 11 rings (SSSR count). The van der Waals surface area contributed by atoms with E-state index >= 15 is 0 Å². The van der Waals surface area contributed by atoms with Crippen LogP contribution in [-0.2, 0) is 26.5 Å². The minimum Gasteiger partial charge on any atom is -0.456 e. The Morgan fingerprint density at radius 1 is 0.608 bits per heavy atom. The zero-order valence-corrected chi connectivity index (χ0v) is 30.3. The molecule has 1 radical (unpaired) electrons. The first-order valence-electron chi connectivity index (χ1n) is 17.6. The Hall–Kier alpha value is -5.35. The number of nitrogens with zero attached hydrogens (tertiary/aromatic N) is 3. The second kappa shape index (κ2) is 13.1. The van der Waals surface area contributed by atoms with Crippen LogP contribution in [0.1, 0.15) is 31.2 Å². The molecule has 1 fully saturated rings. The molecule has 5 aromatic carbocycles. The van der Waals surface area contributed by atoms with Gasteiger partial charge in [-0.3, -0.25) is 0 Å². The van der Waals surface area contributed by atoms with Gasteiger partial charge in [-0.05, 0) is 58.9 Å². The monoisotopic (exact) mass is 836 g/mol. The van der Waals surface area contributed by atoms with Gasteiger partial charge in [-0.1, -0.05) is 91.2 Å². The van der Waals surface area contributed by atoms with Crippen LogP contribution in [0.25, 0.3) is 82.5 Å². The van der Waals surface area contributed by atoms with Gasteiger partial charge in [-0.25, -0.2) is 0 Å². The van der Waals surface area contributed by atoms with E-state index in [-0.39, 0.29) is 20.1 Å². The topological polar surface area (TPSA) is 43.3 Å². The van der Waals surface area contributed by atoms with Crippen LogP contribution in [0.4, 0.5) is 0 Å². The van der Waals surface area contributed by atoms with Gasteiger partial charge >= 0.3 is 0 Å². The van der Waals surface area contributed by atoms with Crippen molar-refractivity contribution in [1.82, 2.24) is 14.4 Å². The predicted octanol–water partition coefficient (Wildman–Crippen LogP) is 11.9. The Balaban J connectivity index is 0.000000228. The molecule has 0 amide bonds. The smallest absolute Gasteiger partial charge is 0.137 e. The van der Waals surface area contributed by atoms with Crippen LogP contribution >= 0.6 is 0 Å². The van der Waals surface area contributed by atoms with Crippen LogP contribution in [0.2, 0.25) is 0 Å². The van der Waals surface area contributed by atoms with Gasteiger partial charge < -0.3 is 18.8 Å². The molecule has 0 atom stereocenters. The number of pyridine rings is 2. The first-order chi connectivity index (χ1) is 24.8. The second-order valence-corrected chi connectivity index (χ2v) is 13.5. The molecule has 1 saturated carbocycles. The summed E-state index contributed by atoms with van der Waals surface area (Å²) in [5.41, 5.74) is 11.0. The number of aromatic nitrogens is 3. The van der Waals surface area contributed by atoms with Crippen LogP contribution in [0.3, 0.4) is 0 Å². The van der Waals surface area contributed by atoms with E-state index in [2.05, 4.69) is 88.2 Å². The quantitative estimate of drug-likeness (QED) is 0.166.